The molecular weight excluding hydrogens is 242 g/mol. The summed E-state index contributed by atoms with van der Waals surface area (Å²) in [5, 5.41) is 3.98. The van der Waals surface area contributed by atoms with Gasteiger partial charge in [-0.25, -0.2) is 9.97 Å². The van der Waals surface area contributed by atoms with Crippen molar-refractivity contribution in [2.75, 3.05) is 5.75 Å². The van der Waals surface area contributed by atoms with Crippen LogP contribution in [0.4, 0.5) is 0 Å². The standard InChI is InChI=1S/C14H23N3S/c1-14(2,3)16-10-11-7-8-15-13(17-11)12-6-4-5-9-18-12/h7-8,12,16H,4-6,9-10H2,1-3H3. The van der Waals surface area contributed by atoms with Gasteiger partial charge in [-0.15, -0.1) is 0 Å². The Bertz CT molecular complexity index is 381. The lowest BCUT2D eigenvalue weighted by Crippen LogP contribution is -2.35. The van der Waals surface area contributed by atoms with Gasteiger partial charge in [0.2, 0.25) is 0 Å². The van der Waals surface area contributed by atoms with Crippen LogP contribution in [0.5, 0.6) is 0 Å². The van der Waals surface area contributed by atoms with E-state index in [0.717, 1.165) is 18.1 Å². The lowest BCUT2D eigenvalue weighted by atomic mass is 10.1. The minimum absolute atomic E-state index is 0.130. The third-order valence-electron chi connectivity index (χ3n) is 3.00. The van der Waals surface area contributed by atoms with E-state index in [9.17, 15) is 0 Å². The molecule has 4 heteroatoms. The highest BCUT2D eigenvalue weighted by atomic mass is 32.2. The van der Waals surface area contributed by atoms with E-state index in [0.29, 0.717) is 5.25 Å². The van der Waals surface area contributed by atoms with Crippen molar-refractivity contribution in [2.24, 2.45) is 0 Å². The Morgan fingerprint density at radius 3 is 2.89 bits per heavy atom. The van der Waals surface area contributed by atoms with Crippen LogP contribution in [0.3, 0.4) is 0 Å². The average molecular weight is 265 g/mol. The molecule has 3 nitrogen and oxygen atoms in total. The van der Waals surface area contributed by atoms with Crippen LogP contribution in [-0.4, -0.2) is 21.3 Å². The fraction of sp³-hybridized carbons (Fsp3) is 0.714. The summed E-state index contributed by atoms with van der Waals surface area (Å²) in [7, 11) is 0. The molecule has 100 valence electrons. The zero-order valence-electron chi connectivity index (χ0n) is 11.6. The SMILES string of the molecule is CC(C)(C)NCc1ccnc(C2CCCCS2)n1. The van der Waals surface area contributed by atoms with Gasteiger partial charge in [-0.3, -0.25) is 0 Å². The Hall–Kier alpha value is -0.610. The van der Waals surface area contributed by atoms with E-state index in [-0.39, 0.29) is 5.54 Å². The summed E-state index contributed by atoms with van der Waals surface area (Å²) >= 11 is 2.00. The van der Waals surface area contributed by atoms with Gasteiger partial charge in [0.05, 0.1) is 10.9 Å². The number of hydrogen-bond donors (Lipinski definition) is 1. The molecule has 0 bridgehead atoms. The van der Waals surface area contributed by atoms with E-state index in [4.69, 9.17) is 4.98 Å². The predicted molar refractivity (Wildman–Crippen MR) is 77.7 cm³/mol. The van der Waals surface area contributed by atoms with Crippen molar-refractivity contribution < 1.29 is 0 Å². The molecule has 2 rings (SSSR count). The van der Waals surface area contributed by atoms with Gasteiger partial charge in [0.15, 0.2) is 0 Å². The van der Waals surface area contributed by atoms with Gasteiger partial charge in [0, 0.05) is 18.3 Å². The summed E-state index contributed by atoms with van der Waals surface area (Å²) in [5.74, 6) is 2.27. The molecule has 0 saturated carbocycles. The van der Waals surface area contributed by atoms with Crippen LogP contribution in [0.25, 0.3) is 0 Å². The van der Waals surface area contributed by atoms with Crippen molar-refractivity contribution >= 4 is 11.8 Å². The van der Waals surface area contributed by atoms with Gasteiger partial charge < -0.3 is 5.32 Å². The molecule has 0 amide bonds. The number of nitrogens with zero attached hydrogens (tertiary/aromatic N) is 2. The molecule has 2 heterocycles. The molecule has 1 unspecified atom stereocenters. The Morgan fingerprint density at radius 1 is 1.39 bits per heavy atom. The lowest BCUT2D eigenvalue weighted by Gasteiger charge is -2.22. The van der Waals surface area contributed by atoms with Crippen LogP contribution in [0.15, 0.2) is 12.3 Å². The van der Waals surface area contributed by atoms with Crippen molar-refractivity contribution in [3.63, 3.8) is 0 Å². The van der Waals surface area contributed by atoms with E-state index >= 15 is 0 Å². The van der Waals surface area contributed by atoms with E-state index < -0.39 is 0 Å². The number of aromatic nitrogens is 2. The van der Waals surface area contributed by atoms with Gasteiger partial charge >= 0.3 is 0 Å². The van der Waals surface area contributed by atoms with E-state index in [1.54, 1.807) is 0 Å². The average Bonchev–Trinajstić information content (AvgIpc) is 2.37. The molecule has 1 atom stereocenters. The summed E-state index contributed by atoms with van der Waals surface area (Å²) in [6, 6.07) is 2.01. The quantitative estimate of drug-likeness (QED) is 0.910. The van der Waals surface area contributed by atoms with Crippen LogP contribution < -0.4 is 5.32 Å². The molecular formula is C14H23N3S. The van der Waals surface area contributed by atoms with Crippen molar-refractivity contribution in [1.29, 1.82) is 0 Å². The Balaban J connectivity index is 2.00. The fourth-order valence-electron chi connectivity index (χ4n) is 1.97. The van der Waals surface area contributed by atoms with E-state index in [2.05, 4.69) is 31.1 Å². The van der Waals surface area contributed by atoms with Crippen molar-refractivity contribution in [3.8, 4) is 0 Å². The monoisotopic (exact) mass is 265 g/mol. The zero-order valence-corrected chi connectivity index (χ0v) is 12.4. The summed E-state index contributed by atoms with van der Waals surface area (Å²) in [6.45, 7) is 7.33. The molecule has 1 aromatic heterocycles. The molecule has 0 radical (unpaired) electrons. The van der Waals surface area contributed by atoms with Crippen LogP contribution >= 0.6 is 11.8 Å². The van der Waals surface area contributed by atoms with Gasteiger partial charge in [-0.2, -0.15) is 11.8 Å². The smallest absolute Gasteiger partial charge is 0.141 e. The Labute approximate surface area is 114 Å². The number of thioether (sulfide) groups is 1. The molecule has 0 spiro atoms. The molecule has 0 aromatic carbocycles. The summed E-state index contributed by atoms with van der Waals surface area (Å²) < 4.78 is 0. The second-order valence-corrected chi connectivity index (χ2v) is 7.18. The molecule has 1 fully saturated rings. The second kappa shape index (κ2) is 6.02. The third kappa shape index (κ3) is 4.25. The van der Waals surface area contributed by atoms with Crippen molar-refractivity contribution in [3.05, 3.63) is 23.8 Å². The fourth-order valence-corrected chi connectivity index (χ4v) is 3.22. The van der Waals surface area contributed by atoms with Crippen molar-refractivity contribution in [2.45, 2.75) is 57.4 Å². The van der Waals surface area contributed by atoms with Crippen LogP contribution in [0.1, 0.15) is 56.8 Å². The number of rotatable bonds is 3. The third-order valence-corrected chi connectivity index (χ3v) is 4.37. The van der Waals surface area contributed by atoms with E-state index in [1.807, 2.05) is 24.0 Å². The van der Waals surface area contributed by atoms with E-state index in [1.165, 1.54) is 25.0 Å². The molecule has 1 saturated heterocycles. The van der Waals surface area contributed by atoms with Crippen LogP contribution in [0, 0.1) is 0 Å². The maximum Gasteiger partial charge on any atom is 0.141 e. The number of nitrogens with one attached hydrogen (secondary N) is 1. The summed E-state index contributed by atoms with van der Waals surface area (Å²) in [5.41, 5.74) is 1.23. The zero-order chi connectivity index (χ0) is 13.0. The minimum atomic E-state index is 0.130. The highest BCUT2D eigenvalue weighted by Crippen LogP contribution is 2.36. The molecule has 18 heavy (non-hydrogen) atoms. The predicted octanol–water partition coefficient (Wildman–Crippen LogP) is 3.32. The molecule has 1 aliphatic rings. The highest BCUT2D eigenvalue weighted by molar-refractivity contribution is 7.99. The van der Waals surface area contributed by atoms with Crippen LogP contribution in [-0.2, 0) is 6.54 Å². The first-order valence-electron chi connectivity index (χ1n) is 6.73. The minimum Gasteiger partial charge on any atom is -0.306 e. The van der Waals surface area contributed by atoms with Crippen LogP contribution in [0.2, 0.25) is 0 Å². The summed E-state index contributed by atoms with van der Waals surface area (Å²) in [4.78, 5) is 9.15. The van der Waals surface area contributed by atoms with Gasteiger partial charge in [0.25, 0.3) is 0 Å². The summed E-state index contributed by atoms with van der Waals surface area (Å²) in [6.07, 6.45) is 5.77. The number of hydrogen-bond acceptors (Lipinski definition) is 4. The molecule has 1 N–H and O–H groups in total. The Kier molecular flexibility index (Phi) is 4.62. The maximum absolute atomic E-state index is 4.71. The highest BCUT2D eigenvalue weighted by Gasteiger charge is 2.19. The Morgan fingerprint density at radius 2 is 2.22 bits per heavy atom. The first kappa shape index (κ1) is 13.8. The normalized spacial score (nSPS) is 20.9. The topological polar surface area (TPSA) is 37.8 Å². The second-order valence-electron chi connectivity index (χ2n) is 5.86. The maximum atomic E-state index is 4.71. The molecule has 0 aliphatic carbocycles. The largest absolute Gasteiger partial charge is 0.306 e. The van der Waals surface area contributed by atoms with Crippen molar-refractivity contribution in [1.82, 2.24) is 15.3 Å². The first-order chi connectivity index (χ1) is 8.54. The first-order valence-corrected chi connectivity index (χ1v) is 7.78. The van der Waals surface area contributed by atoms with Gasteiger partial charge in [0.1, 0.15) is 5.82 Å². The lowest BCUT2D eigenvalue weighted by molar-refractivity contribution is 0.420. The van der Waals surface area contributed by atoms with Gasteiger partial charge in [-0.1, -0.05) is 6.42 Å². The molecule has 1 aromatic rings. The molecule has 1 aliphatic heterocycles. The van der Waals surface area contributed by atoms with Gasteiger partial charge in [-0.05, 0) is 45.4 Å².